The summed E-state index contributed by atoms with van der Waals surface area (Å²) in [6.07, 6.45) is 9.33. The van der Waals surface area contributed by atoms with Crippen LogP contribution in [0.1, 0.15) is 44.6 Å². The highest BCUT2D eigenvalue weighted by molar-refractivity contribution is 9.10. The van der Waals surface area contributed by atoms with E-state index in [1.54, 1.807) is 5.57 Å². The van der Waals surface area contributed by atoms with Gasteiger partial charge in [-0.25, -0.2) is 0 Å². The van der Waals surface area contributed by atoms with Gasteiger partial charge in [-0.2, -0.15) is 0 Å². The first-order valence-electron chi connectivity index (χ1n) is 7.46. The zero-order valence-electron chi connectivity index (χ0n) is 11.8. The Hall–Kier alpha value is -0.600. The number of rotatable bonds is 5. The topological polar surface area (TPSA) is 12.0 Å². The van der Waals surface area contributed by atoms with Gasteiger partial charge in [0.2, 0.25) is 0 Å². The molecule has 1 N–H and O–H groups in total. The lowest BCUT2D eigenvalue weighted by atomic mass is 9.83. The molecular formula is C17H24BrN. The third-order valence-electron chi connectivity index (χ3n) is 3.91. The van der Waals surface area contributed by atoms with Crippen molar-refractivity contribution in [1.29, 1.82) is 0 Å². The molecule has 1 nitrogen and oxygen atoms in total. The normalized spacial score (nSPS) is 17.7. The highest BCUT2D eigenvalue weighted by Gasteiger charge is 2.17. The Balaban J connectivity index is 2.15. The van der Waals surface area contributed by atoms with Gasteiger partial charge in [0, 0.05) is 11.0 Å². The van der Waals surface area contributed by atoms with Crippen LogP contribution in [-0.2, 0) is 0 Å². The average Bonchev–Trinajstić information content (AvgIpc) is 2.44. The Labute approximate surface area is 125 Å². The molecule has 1 aliphatic rings. The molecule has 1 saturated carbocycles. The van der Waals surface area contributed by atoms with E-state index in [0.29, 0.717) is 0 Å². The fraction of sp³-hybridized carbons (Fsp3) is 0.529. The molecule has 0 unspecified atom stereocenters. The van der Waals surface area contributed by atoms with Crippen molar-refractivity contribution in [2.45, 2.75) is 39.0 Å². The number of hydrogen-bond acceptors (Lipinski definition) is 1. The van der Waals surface area contributed by atoms with Gasteiger partial charge < -0.3 is 5.32 Å². The van der Waals surface area contributed by atoms with Crippen LogP contribution in [0.2, 0.25) is 0 Å². The number of benzene rings is 1. The lowest BCUT2D eigenvalue weighted by Gasteiger charge is -2.25. The van der Waals surface area contributed by atoms with E-state index in [1.165, 1.54) is 37.7 Å². The van der Waals surface area contributed by atoms with Crippen molar-refractivity contribution in [3.63, 3.8) is 0 Å². The van der Waals surface area contributed by atoms with E-state index in [0.717, 1.165) is 23.5 Å². The molecule has 2 rings (SSSR count). The maximum Gasteiger partial charge on any atom is 0.0181 e. The molecule has 104 valence electrons. The predicted molar refractivity (Wildman–Crippen MR) is 87.2 cm³/mol. The van der Waals surface area contributed by atoms with Crippen molar-refractivity contribution in [3.8, 4) is 0 Å². The first kappa shape index (κ1) is 14.8. The second-order valence-electron chi connectivity index (χ2n) is 5.39. The lowest BCUT2D eigenvalue weighted by Crippen LogP contribution is -2.22. The number of hydrogen-bond donors (Lipinski definition) is 1. The molecule has 0 radical (unpaired) electrons. The molecule has 0 atom stereocenters. The molecule has 0 spiro atoms. The third-order valence-corrected chi connectivity index (χ3v) is 4.40. The third kappa shape index (κ3) is 4.77. The van der Waals surface area contributed by atoms with Gasteiger partial charge in [0.05, 0.1) is 0 Å². The standard InChI is InChI=1S/C17H24BrN/c1-2-19-13-16(15-8-4-3-5-9-15)11-14-7-6-10-17(18)12-14/h6-7,10-12,15,19H,2-5,8-9,13H2,1H3. The molecule has 1 aliphatic carbocycles. The fourth-order valence-electron chi connectivity index (χ4n) is 2.87. The molecular weight excluding hydrogens is 298 g/mol. The molecule has 1 fully saturated rings. The summed E-state index contributed by atoms with van der Waals surface area (Å²) in [6, 6.07) is 8.60. The van der Waals surface area contributed by atoms with Crippen LogP contribution in [0.25, 0.3) is 6.08 Å². The molecule has 1 aromatic rings. The monoisotopic (exact) mass is 321 g/mol. The Morgan fingerprint density at radius 1 is 1.32 bits per heavy atom. The van der Waals surface area contributed by atoms with E-state index in [9.17, 15) is 0 Å². The van der Waals surface area contributed by atoms with E-state index in [4.69, 9.17) is 0 Å². The van der Waals surface area contributed by atoms with E-state index < -0.39 is 0 Å². The van der Waals surface area contributed by atoms with Crippen LogP contribution >= 0.6 is 15.9 Å². The van der Waals surface area contributed by atoms with Crippen molar-refractivity contribution in [3.05, 3.63) is 39.9 Å². The van der Waals surface area contributed by atoms with E-state index >= 15 is 0 Å². The summed E-state index contributed by atoms with van der Waals surface area (Å²) in [5.74, 6) is 0.784. The first-order chi connectivity index (χ1) is 9.29. The Bertz CT molecular complexity index is 419. The Morgan fingerprint density at radius 2 is 2.11 bits per heavy atom. The van der Waals surface area contributed by atoms with Crippen LogP contribution in [0, 0.1) is 5.92 Å². The zero-order chi connectivity index (χ0) is 13.5. The summed E-state index contributed by atoms with van der Waals surface area (Å²) in [7, 11) is 0. The molecule has 2 heteroatoms. The van der Waals surface area contributed by atoms with Crippen molar-refractivity contribution < 1.29 is 0 Å². The average molecular weight is 322 g/mol. The minimum Gasteiger partial charge on any atom is -0.313 e. The number of halogens is 1. The molecule has 0 aliphatic heterocycles. The maximum absolute atomic E-state index is 3.56. The van der Waals surface area contributed by atoms with Gasteiger partial charge in [-0.05, 0) is 43.0 Å². The van der Waals surface area contributed by atoms with Gasteiger partial charge in [-0.15, -0.1) is 0 Å². The number of nitrogens with one attached hydrogen (secondary N) is 1. The predicted octanol–water partition coefficient (Wildman–Crippen LogP) is 5.02. The second-order valence-corrected chi connectivity index (χ2v) is 6.31. The van der Waals surface area contributed by atoms with Gasteiger partial charge >= 0.3 is 0 Å². The van der Waals surface area contributed by atoms with E-state index in [1.807, 2.05) is 0 Å². The van der Waals surface area contributed by atoms with Crippen LogP contribution in [0.5, 0.6) is 0 Å². The van der Waals surface area contributed by atoms with Crippen LogP contribution < -0.4 is 5.32 Å². The molecule has 0 bridgehead atoms. The maximum atomic E-state index is 3.56. The molecule has 19 heavy (non-hydrogen) atoms. The smallest absolute Gasteiger partial charge is 0.0181 e. The Morgan fingerprint density at radius 3 is 2.79 bits per heavy atom. The van der Waals surface area contributed by atoms with Crippen molar-refractivity contribution in [2.75, 3.05) is 13.1 Å². The van der Waals surface area contributed by atoms with E-state index in [2.05, 4.69) is 58.5 Å². The highest BCUT2D eigenvalue weighted by atomic mass is 79.9. The summed E-state index contributed by atoms with van der Waals surface area (Å²) in [5, 5.41) is 3.50. The molecule has 0 amide bonds. The van der Waals surface area contributed by atoms with Crippen LogP contribution in [0.3, 0.4) is 0 Å². The summed E-state index contributed by atoms with van der Waals surface area (Å²) in [4.78, 5) is 0. The molecule has 0 heterocycles. The van der Waals surface area contributed by atoms with Crippen molar-refractivity contribution >= 4 is 22.0 Å². The molecule has 0 saturated heterocycles. The second kappa shape index (κ2) is 7.86. The van der Waals surface area contributed by atoms with Crippen LogP contribution in [0.4, 0.5) is 0 Å². The van der Waals surface area contributed by atoms with Crippen molar-refractivity contribution in [2.24, 2.45) is 5.92 Å². The summed E-state index contributed by atoms with van der Waals surface area (Å²) in [5.41, 5.74) is 2.90. The van der Waals surface area contributed by atoms with Gasteiger partial charge in [0.1, 0.15) is 0 Å². The lowest BCUT2D eigenvalue weighted by molar-refractivity contribution is 0.397. The van der Waals surface area contributed by atoms with Crippen LogP contribution in [-0.4, -0.2) is 13.1 Å². The van der Waals surface area contributed by atoms with Gasteiger partial charge in [-0.1, -0.05) is 65.9 Å². The first-order valence-corrected chi connectivity index (χ1v) is 8.25. The summed E-state index contributed by atoms with van der Waals surface area (Å²) >= 11 is 3.56. The van der Waals surface area contributed by atoms with Crippen molar-refractivity contribution in [1.82, 2.24) is 5.32 Å². The van der Waals surface area contributed by atoms with Gasteiger partial charge in [0.25, 0.3) is 0 Å². The molecule has 0 aromatic heterocycles. The van der Waals surface area contributed by atoms with Gasteiger partial charge in [-0.3, -0.25) is 0 Å². The molecule has 1 aromatic carbocycles. The largest absolute Gasteiger partial charge is 0.313 e. The van der Waals surface area contributed by atoms with E-state index in [-0.39, 0.29) is 0 Å². The van der Waals surface area contributed by atoms with Gasteiger partial charge in [0.15, 0.2) is 0 Å². The SMILES string of the molecule is CCNCC(=Cc1cccc(Br)c1)C1CCCCC1. The zero-order valence-corrected chi connectivity index (χ0v) is 13.4. The summed E-state index contributed by atoms with van der Waals surface area (Å²) in [6.45, 7) is 4.26. The number of likely N-dealkylation sites (N-methyl/N-ethyl adjacent to an activating group) is 1. The highest BCUT2D eigenvalue weighted by Crippen LogP contribution is 2.30. The minimum atomic E-state index is 0.784. The summed E-state index contributed by atoms with van der Waals surface area (Å²) < 4.78 is 1.16. The Kier molecular flexibility index (Phi) is 6.12. The fourth-order valence-corrected chi connectivity index (χ4v) is 3.28. The van der Waals surface area contributed by atoms with Crippen LogP contribution in [0.15, 0.2) is 34.3 Å². The minimum absolute atomic E-state index is 0.784. The quantitative estimate of drug-likeness (QED) is 0.802.